The molecule has 33 heavy (non-hydrogen) atoms. The van der Waals surface area contributed by atoms with Crippen LogP contribution in [0, 0.1) is 24.2 Å². The topological polar surface area (TPSA) is 96.7 Å². The first kappa shape index (κ1) is 27.4. The molecule has 1 aromatic heterocycles. The van der Waals surface area contributed by atoms with Gasteiger partial charge in [-0.05, 0) is 50.7 Å². The molecule has 0 aliphatic carbocycles. The highest BCUT2D eigenvalue weighted by molar-refractivity contribution is 7.09. The van der Waals surface area contributed by atoms with Crippen LogP contribution >= 0.6 is 11.3 Å². The lowest BCUT2D eigenvalue weighted by Gasteiger charge is -2.34. The number of aromatic nitrogens is 1. The van der Waals surface area contributed by atoms with E-state index in [-0.39, 0.29) is 18.1 Å². The van der Waals surface area contributed by atoms with Crippen molar-refractivity contribution in [3.63, 3.8) is 0 Å². The van der Waals surface area contributed by atoms with E-state index < -0.39 is 35.6 Å². The van der Waals surface area contributed by atoms with Gasteiger partial charge in [0.1, 0.15) is 11.9 Å². The number of hydrogen-bond donors (Lipinski definition) is 2. The predicted molar refractivity (Wildman–Crippen MR) is 132 cm³/mol. The molecule has 0 saturated heterocycles. The minimum Gasteiger partial charge on any atom is -0.457 e. The molecule has 5 atom stereocenters. The average molecular weight is 478 g/mol. The fourth-order valence-corrected chi connectivity index (χ4v) is 4.75. The lowest BCUT2D eigenvalue weighted by molar-refractivity contribution is -0.154. The molecule has 0 radical (unpaired) electrons. The summed E-state index contributed by atoms with van der Waals surface area (Å²) < 4.78 is 5.75. The number of aryl methyl sites for hydroxylation is 1. The predicted octanol–water partition coefficient (Wildman–Crippen LogP) is 4.88. The first-order valence-electron chi connectivity index (χ1n) is 11.8. The number of nitrogens with zero attached hydrogens (tertiary/aromatic N) is 1. The number of rotatable bonds is 2. The summed E-state index contributed by atoms with van der Waals surface area (Å²) in [7, 11) is 0. The quantitative estimate of drug-likeness (QED) is 0.466. The van der Waals surface area contributed by atoms with Crippen LogP contribution < -0.4 is 0 Å². The van der Waals surface area contributed by atoms with Crippen molar-refractivity contribution in [1.29, 1.82) is 0 Å². The molecule has 2 N–H and O–H groups in total. The van der Waals surface area contributed by atoms with E-state index in [9.17, 15) is 19.8 Å². The molecule has 7 heteroatoms. The third-order valence-electron chi connectivity index (χ3n) is 6.68. The van der Waals surface area contributed by atoms with Gasteiger partial charge in [0.2, 0.25) is 0 Å². The second-order valence-electron chi connectivity index (χ2n) is 9.86. The molecule has 6 nitrogen and oxygen atoms in total. The second kappa shape index (κ2) is 12.0. The van der Waals surface area contributed by atoms with Gasteiger partial charge >= 0.3 is 5.97 Å². The van der Waals surface area contributed by atoms with Gasteiger partial charge in [0.25, 0.3) is 0 Å². The van der Waals surface area contributed by atoms with Crippen molar-refractivity contribution >= 4 is 29.2 Å². The molecule has 2 rings (SSSR count). The Labute approximate surface area is 201 Å². The van der Waals surface area contributed by atoms with E-state index in [0.29, 0.717) is 6.42 Å². The summed E-state index contributed by atoms with van der Waals surface area (Å²) >= 11 is 1.56. The summed E-state index contributed by atoms with van der Waals surface area (Å²) in [5, 5.41) is 24.4. The molecule has 0 bridgehead atoms. The number of carbonyl (C=O) groups excluding carboxylic acids is 2. The highest BCUT2D eigenvalue weighted by atomic mass is 32.1. The standard InChI is InChI=1S/C26H39NO5S/c1-16-11-9-7-8-10-12-21(17(2)13-20-15-33-19(4)27-20)32-23(29)14-22(28)26(5,6)25(31)18(3)24(16)30/h8,10,13,15-16,18,21-22,24,28,30H,7,9,11-12,14H2,1-6H3/b10-8+,17-13+/t16-,18+,21-,22-,24-/m0/s1. The summed E-state index contributed by atoms with van der Waals surface area (Å²) in [4.78, 5) is 30.3. The minimum atomic E-state index is -1.21. The minimum absolute atomic E-state index is 0.0392. The maximum Gasteiger partial charge on any atom is 0.309 e. The smallest absolute Gasteiger partial charge is 0.309 e. The number of hydrogen-bond acceptors (Lipinski definition) is 7. The number of aliphatic hydroxyl groups excluding tert-OH is 2. The monoisotopic (exact) mass is 477 g/mol. The molecule has 184 valence electrons. The number of cyclic esters (lactones) is 1. The zero-order valence-corrected chi connectivity index (χ0v) is 21.5. The molecule has 1 aromatic rings. The lowest BCUT2D eigenvalue weighted by Crippen LogP contribution is -2.45. The Morgan fingerprint density at radius 2 is 1.94 bits per heavy atom. The Balaban J connectivity index is 2.27. The van der Waals surface area contributed by atoms with Crippen molar-refractivity contribution in [3.8, 4) is 0 Å². The second-order valence-corrected chi connectivity index (χ2v) is 10.9. The fraction of sp³-hybridized carbons (Fsp3) is 0.654. The molecule has 0 unspecified atom stereocenters. The molecule has 1 aliphatic heterocycles. The van der Waals surface area contributed by atoms with Gasteiger partial charge in [0.15, 0.2) is 0 Å². The maximum atomic E-state index is 13.1. The zero-order chi connectivity index (χ0) is 24.8. The SMILES string of the molecule is C/C(=C\c1csc(C)n1)[C@@H]1C/C=C/CCC[C@H](C)[C@H](O)[C@@H](C)C(=O)C(C)(C)[C@@H](O)CC(=O)O1. The number of Topliss-reactive ketones (excluding diaryl/α,β-unsaturated/α-hetero) is 1. The lowest BCUT2D eigenvalue weighted by atomic mass is 9.73. The third kappa shape index (κ3) is 7.59. The number of ketones is 1. The molecule has 0 saturated carbocycles. The van der Waals surface area contributed by atoms with Crippen LogP contribution in [0.4, 0.5) is 0 Å². The summed E-state index contributed by atoms with van der Waals surface area (Å²) in [5.74, 6) is -1.48. The van der Waals surface area contributed by atoms with Gasteiger partial charge in [0.05, 0.1) is 34.7 Å². The van der Waals surface area contributed by atoms with Crippen molar-refractivity contribution in [1.82, 2.24) is 4.98 Å². The van der Waals surface area contributed by atoms with Crippen LogP contribution in [0.3, 0.4) is 0 Å². The van der Waals surface area contributed by atoms with E-state index in [4.69, 9.17) is 4.74 Å². The maximum absolute atomic E-state index is 13.1. The first-order valence-corrected chi connectivity index (χ1v) is 12.7. The Kier molecular flexibility index (Phi) is 10.0. The summed E-state index contributed by atoms with van der Waals surface area (Å²) in [5.41, 5.74) is 0.513. The Morgan fingerprint density at radius 3 is 2.58 bits per heavy atom. The van der Waals surface area contributed by atoms with E-state index in [2.05, 4.69) is 11.1 Å². The van der Waals surface area contributed by atoms with Gasteiger partial charge in [-0.2, -0.15) is 0 Å². The average Bonchev–Trinajstić information content (AvgIpc) is 3.16. The number of esters is 1. The molecular formula is C26H39NO5S. The van der Waals surface area contributed by atoms with E-state index in [1.165, 1.54) is 0 Å². The molecule has 0 aromatic carbocycles. The fourth-order valence-electron chi connectivity index (χ4n) is 4.18. The summed E-state index contributed by atoms with van der Waals surface area (Å²) in [6, 6.07) is 0. The van der Waals surface area contributed by atoms with Crippen molar-refractivity contribution in [3.05, 3.63) is 33.8 Å². The number of ether oxygens (including phenoxy) is 1. The van der Waals surface area contributed by atoms with Crippen LogP contribution in [-0.2, 0) is 14.3 Å². The molecular weight excluding hydrogens is 438 g/mol. The van der Waals surface area contributed by atoms with E-state index in [1.54, 1.807) is 32.1 Å². The van der Waals surface area contributed by atoms with E-state index >= 15 is 0 Å². The van der Waals surface area contributed by atoms with Crippen molar-refractivity contribution < 1.29 is 24.5 Å². The van der Waals surface area contributed by atoms with Crippen LogP contribution in [0.15, 0.2) is 23.1 Å². The van der Waals surface area contributed by atoms with Gasteiger partial charge in [-0.1, -0.05) is 39.8 Å². The number of aliphatic hydroxyl groups is 2. The number of carbonyl (C=O) groups is 2. The molecule has 2 heterocycles. The van der Waals surface area contributed by atoms with Crippen LogP contribution in [-0.4, -0.2) is 45.3 Å². The van der Waals surface area contributed by atoms with Crippen LogP contribution in [0.2, 0.25) is 0 Å². The molecule has 0 amide bonds. The summed E-state index contributed by atoms with van der Waals surface area (Å²) in [6.45, 7) is 10.8. The van der Waals surface area contributed by atoms with Crippen LogP contribution in [0.1, 0.15) is 77.4 Å². The largest absolute Gasteiger partial charge is 0.457 e. The highest BCUT2D eigenvalue weighted by Crippen LogP contribution is 2.32. The van der Waals surface area contributed by atoms with Crippen molar-refractivity contribution in [2.45, 2.75) is 92.0 Å². The molecule has 0 spiro atoms. The Bertz CT molecular complexity index is 872. The van der Waals surface area contributed by atoms with Gasteiger partial charge in [-0.15, -0.1) is 11.3 Å². The van der Waals surface area contributed by atoms with Gasteiger partial charge in [-0.3, -0.25) is 9.59 Å². The van der Waals surface area contributed by atoms with Gasteiger partial charge in [-0.25, -0.2) is 4.98 Å². The van der Waals surface area contributed by atoms with Crippen molar-refractivity contribution in [2.24, 2.45) is 17.3 Å². The first-order chi connectivity index (χ1) is 15.4. The van der Waals surface area contributed by atoms with Crippen LogP contribution in [0.25, 0.3) is 6.08 Å². The van der Waals surface area contributed by atoms with E-state index in [0.717, 1.165) is 35.5 Å². The van der Waals surface area contributed by atoms with Gasteiger partial charge in [0, 0.05) is 17.7 Å². The van der Waals surface area contributed by atoms with Crippen molar-refractivity contribution in [2.75, 3.05) is 0 Å². The molecule has 1 aliphatic rings. The summed E-state index contributed by atoms with van der Waals surface area (Å²) in [6.07, 6.45) is 6.28. The third-order valence-corrected chi connectivity index (χ3v) is 7.47. The number of allylic oxidation sites excluding steroid dienone is 1. The molecule has 0 fully saturated rings. The normalized spacial score (nSPS) is 31.8. The van der Waals surface area contributed by atoms with E-state index in [1.807, 2.05) is 38.3 Å². The Morgan fingerprint density at radius 1 is 1.24 bits per heavy atom. The highest BCUT2D eigenvalue weighted by Gasteiger charge is 2.42. The number of thiazole rings is 1. The van der Waals surface area contributed by atoms with Gasteiger partial charge < -0.3 is 14.9 Å². The Hall–Kier alpha value is -1.83. The zero-order valence-electron chi connectivity index (χ0n) is 20.7. The van der Waals surface area contributed by atoms with Crippen LogP contribution in [0.5, 0.6) is 0 Å².